The van der Waals surface area contributed by atoms with Crippen LogP contribution in [0.3, 0.4) is 0 Å². The number of anilines is 1. The molecule has 2 aliphatic rings. The number of para-hydroxylation sites is 1. The Morgan fingerprint density at radius 1 is 1.34 bits per heavy atom. The zero-order valence-corrected chi connectivity index (χ0v) is 17.5. The third kappa shape index (κ3) is 5.70. The Balaban J connectivity index is 1.45. The van der Waals surface area contributed by atoms with Gasteiger partial charge in [-0.15, -0.1) is 0 Å². The first kappa shape index (κ1) is 21.6. The van der Waals surface area contributed by atoms with E-state index in [9.17, 15) is 9.90 Å². The van der Waals surface area contributed by atoms with Crippen LogP contribution < -0.4 is 15.5 Å². The summed E-state index contributed by atoms with van der Waals surface area (Å²) in [6, 6.07) is 8.15. The third-order valence-electron chi connectivity index (χ3n) is 5.79. The maximum Gasteiger partial charge on any atom is 0.227 e. The van der Waals surface area contributed by atoms with E-state index in [4.69, 9.17) is 9.73 Å². The molecule has 7 nitrogen and oxygen atoms in total. The number of ether oxygens (including phenoxy) is 1. The number of fused-ring (bicyclic) bond motifs is 1. The van der Waals surface area contributed by atoms with E-state index in [0.29, 0.717) is 32.5 Å². The standard InChI is InChI=1S/C22H34N4O3/c1-2-23-21(25-16-22(10-14-27)11-15-29-17-22)24-12-5-8-20(28)26-13-9-18-6-3-4-7-19(18)26/h3-4,6-7,27H,2,5,8-17H2,1H3,(H2,23,24,25). The minimum absolute atomic E-state index is 0.0593. The summed E-state index contributed by atoms with van der Waals surface area (Å²) in [5.74, 6) is 0.944. The van der Waals surface area contributed by atoms with Gasteiger partial charge in [0.15, 0.2) is 5.96 Å². The zero-order chi connectivity index (χ0) is 20.5. The van der Waals surface area contributed by atoms with Crippen molar-refractivity contribution < 1.29 is 14.6 Å². The summed E-state index contributed by atoms with van der Waals surface area (Å²) < 4.78 is 5.54. The summed E-state index contributed by atoms with van der Waals surface area (Å²) in [6.45, 7) is 6.47. The van der Waals surface area contributed by atoms with E-state index in [1.54, 1.807) is 0 Å². The molecule has 1 unspecified atom stereocenters. The van der Waals surface area contributed by atoms with Crippen molar-refractivity contribution in [1.82, 2.24) is 10.6 Å². The molecule has 1 aromatic rings. The fraction of sp³-hybridized carbons (Fsp3) is 0.636. The van der Waals surface area contributed by atoms with Crippen molar-refractivity contribution in [3.8, 4) is 0 Å². The number of aliphatic hydroxyl groups is 1. The van der Waals surface area contributed by atoms with Gasteiger partial charge in [-0.25, -0.2) is 0 Å². The van der Waals surface area contributed by atoms with E-state index in [1.165, 1.54) is 5.56 Å². The van der Waals surface area contributed by atoms with Gasteiger partial charge in [0.25, 0.3) is 0 Å². The molecule has 1 atom stereocenters. The van der Waals surface area contributed by atoms with Crippen LogP contribution >= 0.6 is 0 Å². The second-order valence-corrected chi connectivity index (χ2v) is 7.93. The molecular formula is C22H34N4O3. The minimum Gasteiger partial charge on any atom is -0.396 e. The Labute approximate surface area is 173 Å². The van der Waals surface area contributed by atoms with Gasteiger partial charge in [0.1, 0.15) is 0 Å². The Morgan fingerprint density at radius 3 is 2.97 bits per heavy atom. The van der Waals surface area contributed by atoms with Crippen molar-refractivity contribution in [2.24, 2.45) is 10.4 Å². The monoisotopic (exact) mass is 402 g/mol. The Hall–Kier alpha value is -2.12. The summed E-state index contributed by atoms with van der Waals surface area (Å²) in [5.41, 5.74) is 2.26. The van der Waals surface area contributed by atoms with Crippen LogP contribution in [0.4, 0.5) is 5.69 Å². The number of benzene rings is 1. The molecule has 29 heavy (non-hydrogen) atoms. The highest BCUT2D eigenvalue weighted by Crippen LogP contribution is 2.32. The van der Waals surface area contributed by atoms with Gasteiger partial charge >= 0.3 is 0 Å². The molecule has 1 aromatic carbocycles. The first-order valence-corrected chi connectivity index (χ1v) is 10.8. The SMILES string of the molecule is CCNC(=NCC1(CCO)CCOC1)NCCCC(=O)N1CCc2ccccc21. The summed E-state index contributed by atoms with van der Waals surface area (Å²) in [5, 5.41) is 16.0. The first-order valence-electron chi connectivity index (χ1n) is 10.8. The summed E-state index contributed by atoms with van der Waals surface area (Å²) in [6.07, 6.45) is 3.86. The van der Waals surface area contributed by atoms with Crippen LogP contribution in [0.5, 0.6) is 0 Å². The smallest absolute Gasteiger partial charge is 0.227 e. The lowest BCUT2D eigenvalue weighted by molar-refractivity contribution is -0.118. The lowest BCUT2D eigenvalue weighted by Gasteiger charge is -2.25. The number of nitrogens with zero attached hydrogens (tertiary/aromatic N) is 2. The van der Waals surface area contributed by atoms with Crippen molar-refractivity contribution in [3.05, 3.63) is 29.8 Å². The van der Waals surface area contributed by atoms with Gasteiger partial charge in [0.2, 0.25) is 5.91 Å². The molecule has 1 amide bonds. The quantitative estimate of drug-likeness (QED) is 0.333. The topological polar surface area (TPSA) is 86.2 Å². The molecule has 2 heterocycles. The van der Waals surface area contributed by atoms with Gasteiger partial charge < -0.3 is 25.4 Å². The number of carbonyl (C=O) groups is 1. The first-order chi connectivity index (χ1) is 14.2. The molecule has 160 valence electrons. The van der Waals surface area contributed by atoms with E-state index in [-0.39, 0.29) is 17.9 Å². The summed E-state index contributed by atoms with van der Waals surface area (Å²) in [4.78, 5) is 19.2. The molecule has 0 spiro atoms. The molecule has 0 saturated carbocycles. The lowest BCUT2D eigenvalue weighted by Crippen LogP contribution is -2.39. The van der Waals surface area contributed by atoms with Gasteiger partial charge in [-0.3, -0.25) is 9.79 Å². The molecule has 3 N–H and O–H groups in total. The Bertz CT molecular complexity index is 701. The van der Waals surface area contributed by atoms with Crippen molar-refractivity contribution in [3.63, 3.8) is 0 Å². The molecule has 1 saturated heterocycles. The molecule has 0 aliphatic carbocycles. The zero-order valence-electron chi connectivity index (χ0n) is 17.5. The number of rotatable bonds is 9. The van der Waals surface area contributed by atoms with Crippen LogP contribution in [0.15, 0.2) is 29.3 Å². The van der Waals surface area contributed by atoms with Gasteiger partial charge in [-0.1, -0.05) is 18.2 Å². The van der Waals surface area contributed by atoms with Crippen molar-refractivity contribution >= 4 is 17.6 Å². The number of carbonyl (C=O) groups excluding carboxylic acids is 1. The molecule has 3 rings (SSSR count). The Kier molecular flexibility index (Phi) is 7.89. The molecule has 1 fully saturated rings. The van der Waals surface area contributed by atoms with Crippen LogP contribution in [0.2, 0.25) is 0 Å². The van der Waals surface area contributed by atoms with Gasteiger partial charge in [-0.2, -0.15) is 0 Å². The van der Waals surface area contributed by atoms with E-state index < -0.39 is 0 Å². The largest absolute Gasteiger partial charge is 0.396 e. The van der Waals surface area contributed by atoms with Crippen LogP contribution in [-0.4, -0.2) is 63.0 Å². The van der Waals surface area contributed by atoms with Crippen molar-refractivity contribution in [2.45, 2.75) is 39.0 Å². The van der Waals surface area contributed by atoms with E-state index in [1.807, 2.05) is 30.0 Å². The van der Waals surface area contributed by atoms with E-state index >= 15 is 0 Å². The average molecular weight is 403 g/mol. The van der Waals surface area contributed by atoms with Crippen molar-refractivity contribution in [2.75, 3.05) is 50.9 Å². The molecule has 0 bridgehead atoms. The number of aliphatic imine (C=N–C) groups is 1. The van der Waals surface area contributed by atoms with Crippen LogP contribution in [0.25, 0.3) is 0 Å². The van der Waals surface area contributed by atoms with Crippen molar-refractivity contribution in [1.29, 1.82) is 0 Å². The lowest BCUT2D eigenvalue weighted by atomic mass is 9.84. The molecule has 7 heteroatoms. The number of guanidine groups is 1. The fourth-order valence-electron chi connectivity index (χ4n) is 4.05. The van der Waals surface area contributed by atoms with Gasteiger partial charge in [-0.05, 0) is 44.2 Å². The highest BCUT2D eigenvalue weighted by Gasteiger charge is 2.34. The number of hydrogen-bond donors (Lipinski definition) is 3. The highest BCUT2D eigenvalue weighted by atomic mass is 16.5. The molecule has 0 aromatic heterocycles. The van der Waals surface area contributed by atoms with Gasteiger partial charge in [0, 0.05) is 50.4 Å². The second-order valence-electron chi connectivity index (χ2n) is 7.93. The van der Waals surface area contributed by atoms with E-state index in [2.05, 4.69) is 16.7 Å². The molecule has 0 radical (unpaired) electrons. The Morgan fingerprint density at radius 2 is 2.21 bits per heavy atom. The predicted octanol–water partition coefficient (Wildman–Crippen LogP) is 1.70. The summed E-state index contributed by atoms with van der Waals surface area (Å²) in [7, 11) is 0. The fourth-order valence-corrected chi connectivity index (χ4v) is 4.05. The average Bonchev–Trinajstić information content (AvgIpc) is 3.37. The highest BCUT2D eigenvalue weighted by molar-refractivity contribution is 5.95. The maximum atomic E-state index is 12.6. The summed E-state index contributed by atoms with van der Waals surface area (Å²) >= 11 is 0. The molecule has 2 aliphatic heterocycles. The predicted molar refractivity (Wildman–Crippen MR) is 115 cm³/mol. The van der Waals surface area contributed by atoms with Crippen LogP contribution in [-0.2, 0) is 16.0 Å². The van der Waals surface area contributed by atoms with Crippen LogP contribution in [0.1, 0.15) is 38.2 Å². The normalized spacial score (nSPS) is 21.3. The maximum absolute atomic E-state index is 12.6. The number of hydrogen-bond acceptors (Lipinski definition) is 4. The number of amides is 1. The number of aliphatic hydroxyl groups excluding tert-OH is 1. The molecular weight excluding hydrogens is 368 g/mol. The van der Waals surface area contributed by atoms with Crippen LogP contribution in [0, 0.1) is 5.41 Å². The van der Waals surface area contributed by atoms with Gasteiger partial charge in [0.05, 0.1) is 13.2 Å². The third-order valence-corrected chi connectivity index (χ3v) is 5.79. The number of nitrogens with one attached hydrogen (secondary N) is 2. The minimum atomic E-state index is -0.0593. The second kappa shape index (κ2) is 10.6. The van der Waals surface area contributed by atoms with E-state index in [0.717, 1.165) is 50.6 Å².